The summed E-state index contributed by atoms with van der Waals surface area (Å²) in [5.41, 5.74) is 1.24. The standard InChI is InChI=1S/C18H14F2N2O2/c1-11-5-6-12-3-2-4-16(18(12)21-11)24-10-17(23)22-15-9-13(19)7-8-14(15)20/h2-9H,10H2,1H3,(H,22,23). The summed E-state index contributed by atoms with van der Waals surface area (Å²) in [6, 6.07) is 12.0. The Morgan fingerprint density at radius 3 is 2.83 bits per heavy atom. The zero-order valence-electron chi connectivity index (χ0n) is 12.8. The minimum absolute atomic E-state index is 0.226. The van der Waals surface area contributed by atoms with Crippen LogP contribution in [0.4, 0.5) is 14.5 Å². The second-order valence-electron chi connectivity index (χ2n) is 5.24. The molecule has 0 unspecified atom stereocenters. The fourth-order valence-electron chi connectivity index (χ4n) is 2.26. The maximum Gasteiger partial charge on any atom is 0.262 e. The molecule has 3 rings (SSSR count). The largest absolute Gasteiger partial charge is 0.481 e. The maximum absolute atomic E-state index is 13.5. The Morgan fingerprint density at radius 1 is 1.17 bits per heavy atom. The number of benzene rings is 2. The van der Waals surface area contributed by atoms with Gasteiger partial charge >= 0.3 is 0 Å². The first-order valence-electron chi connectivity index (χ1n) is 7.27. The molecule has 1 heterocycles. The van der Waals surface area contributed by atoms with Gasteiger partial charge in [-0.05, 0) is 31.2 Å². The van der Waals surface area contributed by atoms with Crippen LogP contribution in [0.15, 0.2) is 48.5 Å². The number of carbonyl (C=O) groups is 1. The lowest BCUT2D eigenvalue weighted by molar-refractivity contribution is -0.118. The highest BCUT2D eigenvalue weighted by atomic mass is 19.1. The number of rotatable bonds is 4. The van der Waals surface area contributed by atoms with Gasteiger partial charge in [0.1, 0.15) is 22.9 Å². The predicted molar refractivity (Wildman–Crippen MR) is 87.0 cm³/mol. The number of hydrogen-bond donors (Lipinski definition) is 1. The highest BCUT2D eigenvalue weighted by molar-refractivity contribution is 5.92. The molecule has 1 N–H and O–H groups in total. The number of nitrogens with one attached hydrogen (secondary N) is 1. The second-order valence-corrected chi connectivity index (χ2v) is 5.24. The van der Waals surface area contributed by atoms with Crippen molar-refractivity contribution in [1.82, 2.24) is 4.98 Å². The molecule has 3 aromatic rings. The number of amides is 1. The van der Waals surface area contributed by atoms with Crippen molar-refractivity contribution in [3.63, 3.8) is 0 Å². The maximum atomic E-state index is 13.5. The molecule has 0 atom stereocenters. The van der Waals surface area contributed by atoms with Gasteiger partial charge in [-0.25, -0.2) is 13.8 Å². The fraction of sp³-hybridized carbons (Fsp3) is 0.111. The summed E-state index contributed by atoms with van der Waals surface area (Å²) in [5, 5.41) is 3.17. The van der Waals surface area contributed by atoms with Crippen molar-refractivity contribution >= 4 is 22.5 Å². The lowest BCUT2D eigenvalue weighted by atomic mass is 10.2. The number of hydrogen-bond acceptors (Lipinski definition) is 3. The fourth-order valence-corrected chi connectivity index (χ4v) is 2.26. The number of para-hydroxylation sites is 1. The molecule has 0 saturated carbocycles. The van der Waals surface area contributed by atoms with Crippen LogP contribution in [0.5, 0.6) is 5.75 Å². The molecule has 1 amide bonds. The van der Waals surface area contributed by atoms with Crippen LogP contribution in [-0.4, -0.2) is 17.5 Å². The molecule has 0 saturated heterocycles. The average Bonchev–Trinajstić information content (AvgIpc) is 2.56. The number of aryl methyl sites for hydroxylation is 1. The third kappa shape index (κ3) is 3.48. The first kappa shape index (κ1) is 15.9. The van der Waals surface area contributed by atoms with E-state index < -0.39 is 17.5 Å². The van der Waals surface area contributed by atoms with Crippen molar-refractivity contribution in [3.05, 3.63) is 65.9 Å². The van der Waals surface area contributed by atoms with Gasteiger partial charge in [-0.2, -0.15) is 0 Å². The molecule has 0 aliphatic heterocycles. The van der Waals surface area contributed by atoms with E-state index in [4.69, 9.17) is 4.74 Å². The van der Waals surface area contributed by atoms with Crippen LogP contribution in [0.25, 0.3) is 10.9 Å². The molecule has 0 spiro atoms. The van der Waals surface area contributed by atoms with Crippen molar-refractivity contribution in [3.8, 4) is 5.75 Å². The van der Waals surface area contributed by atoms with Gasteiger partial charge in [0.2, 0.25) is 0 Å². The van der Waals surface area contributed by atoms with Gasteiger partial charge < -0.3 is 10.1 Å². The Bertz CT molecular complexity index is 913. The summed E-state index contributed by atoms with van der Waals surface area (Å²) in [7, 11) is 0. The Kier molecular flexibility index (Phi) is 4.37. The van der Waals surface area contributed by atoms with E-state index in [0.717, 1.165) is 29.3 Å². The van der Waals surface area contributed by atoms with E-state index in [1.165, 1.54) is 0 Å². The highest BCUT2D eigenvalue weighted by Gasteiger charge is 2.10. The van der Waals surface area contributed by atoms with E-state index in [1.807, 2.05) is 25.1 Å². The molecule has 4 nitrogen and oxygen atoms in total. The molecule has 24 heavy (non-hydrogen) atoms. The number of ether oxygens (including phenoxy) is 1. The Balaban J connectivity index is 1.73. The lowest BCUT2D eigenvalue weighted by Gasteiger charge is -2.10. The lowest BCUT2D eigenvalue weighted by Crippen LogP contribution is -2.21. The SMILES string of the molecule is Cc1ccc2cccc(OCC(=O)Nc3cc(F)ccc3F)c2n1. The van der Waals surface area contributed by atoms with E-state index in [9.17, 15) is 13.6 Å². The van der Waals surface area contributed by atoms with Gasteiger partial charge in [0.25, 0.3) is 5.91 Å². The van der Waals surface area contributed by atoms with Crippen molar-refractivity contribution < 1.29 is 18.3 Å². The van der Waals surface area contributed by atoms with Crippen molar-refractivity contribution in [2.45, 2.75) is 6.92 Å². The third-order valence-electron chi connectivity index (χ3n) is 3.38. The quantitative estimate of drug-likeness (QED) is 0.792. The molecule has 0 bridgehead atoms. The molecule has 0 fully saturated rings. The first-order valence-corrected chi connectivity index (χ1v) is 7.27. The molecule has 0 aliphatic rings. The summed E-state index contributed by atoms with van der Waals surface area (Å²) < 4.78 is 32.1. The molecule has 2 aromatic carbocycles. The van der Waals surface area contributed by atoms with Crippen molar-refractivity contribution in [1.29, 1.82) is 0 Å². The Labute approximate surface area is 137 Å². The smallest absolute Gasteiger partial charge is 0.262 e. The molecule has 1 aromatic heterocycles. The normalized spacial score (nSPS) is 10.6. The average molecular weight is 328 g/mol. The summed E-state index contributed by atoms with van der Waals surface area (Å²) in [4.78, 5) is 16.3. The van der Waals surface area contributed by atoms with Gasteiger partial charge in [-0.3, -0.25) is 4.79 Å². The monoisotopic (exact) mass is 328 g/mol. The van der Waals surface area contributed by atoms with E-state index >= 15 is 0 Å². The van der Waals surface area contributed by atoms with Crippen LogP contribution in [-0.2, 0) is 4.79 Å². The number of anilines is 1. The summed E-state index contributed by atoms with van der Waals surface area (Å²) in [6.45, 7) is 1.51. The first-order chi connectivity index (χ1) is 11.5. The van der Waals surface area contributed by atoms with Gasteiger partial charge in [-0.1, -0.05) is 18.2 Å². The van der Waals surface area contributed by atoms with Gasteiger partial charge in [0.05, 0.1) is 5.69 Å². The zero-order chi connectivity index (χ0) is 17.1. The summed E-state index contributed by atoms with van der Waals surface area (Å²) in [6.07, 6.45) is 0. The number of aromatic nitrogens is 1. The third-order valence-corrected chi connectivity index (χ3v) is 3.38. The number of nitrogens with zero attached hydrogens (tertiary/aromatic N) is 1. The molecule has 0 aliphatic carbocycles. The molecular formula is C18H14F2N2O2. The van der Waals surface area contributed by atoms with Gasteiger partial charge in [0, 0.05) is 17.1 Å². The number of fused-ring (bicyclic) bond motifs is 1. The van der Waals surface area contributed by atoms with Crippen LogP contribution < -0.4 is 10.1 Å². The topological polar surface area (TPSA) is 51.2 Å². The van der Waals surface area contributed by atoms with Crippen LogP contribution in [0.3, 0.4) is 0 Å². The van der Waals surface area contributed by atoms with Gasteiger partial charge in [-0.15, -0.1) is 0 Å². The van der Waals surface area contributed by atoms with Crippen LogP contribution >= 0.6 is 0 Å². The summed E-state index contributed by atoms with van der Waals surface area (Å²) in [5.74, 6) is -1.50. The number of pyridine rings is 1. The van der Waals surface area contributed by atoms with Crippen LogP contribution in [0, 0.1) is 18.6 Å². The number of halogens is 2. The van der Waals surface area contributed by atoms with Crippen LogP contribution in [0.2, 0.25) is 0 Å². The zero-order valence-corrected chi connectivity index (χ0v) is 12.8. The highest BCUT2D eigenvalue weighted by Crippen LogP contribution is 2.24. The predicted octanol–water partition coefficient (Wildman–Crippen LogP) is 3.84. The Hall–Kier alpha value is -3.02. The summed E-state index contributed by atoms with van der Waals surface area (Å²) >= 11 is 0. The molecule has 0 radical (unpaired) electrons. The molecule has 6 heteroatoms. The molecular weight excluding hydrogens is 314 g/mol. The van der Waals surface area contributed by atoms with Crippen molar-refractivity contribution in [2.24, 2.45) is 0 Å². The minimum Gasteiger partial charge on any atom is -0.481 e. The van der Waals surface area contributed by atoms with E-state index in [1.54, 1.807) is 12.1 Å². The number of carbonyl (C=O) groups excluding carboxylic acids is 1. The second kappa shape index (κ2) is 6.62. The van der Waals surface area contributed by atoms with Crippen molar-refractivity contribution in [2.75, 3.05) is 11.9 Å². The Morgan fingerprint density at radius 2 is 2.00 bits per heavy atom. The van der Waals surface area contributed by atoms with E-state index in [-0.39, 0.29) is 12.3 Å². The van der Waals surface area contributed by atoms with E-state index in [0.29, 0.717) is 11.3 Å². The van der Waals surface area contributed by atoms with E-state index in [2.05, 4.69) is 10.3 Å². The minimum atomic E-state index is -0.716. The molecule has 122 valence electrons. The van der Waals surface area contributed by atoms with Crippen LogP contribution in [0.1, 0.15) is 5.69 Å². The van der Waals surface area contributed by atoms with Gasteiger partial charge in [0.15, 0.2) is 6.61 Å².